The molecule has 0 fully saturated rings. The predicted octanol–water partition coefficient (Wildman–Crippen LogP) is -0.196. The van der Waals surface area contributed by atoms with Crippen molar-refractivity contribution in [3.05, 3.63) is 0 Å². The quantitative estimate of drug-likeness (QED) is 0.576. The third-order valence-electron chi connectivity index (χ3n) is 0. The van der Waals surface area contributed by atoms with E-state index in [1.807, 2.05) is 0 Å². The summed E-state index contributed by atoms with van der Waals surface area (Å²) in [6.07, 6.45) is 0. The second-order valence-corrected chi connectivity index (χ2v) is 19.4. The fraction of sp³-hybridized carbons (Fsp3) is 0. The Morgan fingerprint density at radius 2 is 0.571 bits per heavy atom. The molecule has 0 nitrogen and oxygen atoms in total. The van der Waals surface area contributed by atoms with E-state index in [2.05, 4.69) is 29.4 Å². The Bertz CT molecular complexity index is 432. The van der Waals surface area contributed by atoms with E-state index in [-0.39, 0.29) is 0 Å². The van der Waals surface area contributed by atoms with Gasteiger partial charge in [0.05, 0.1) is 0 Å². The van der Waals surface area contributed by atoms with Crippen LogP contribution in [0.2, 0.25) is 0 Å². The fourth-order valence-corrected chi connectivity index (χ4v) is 0. The second-order valence-electron chi connectivity index (χ2n) is 2.37. The first-order chi connectivity index (χ1) is 2.45. The minimum atomic E-state index is -3.62. The summed E-state index contributed by atoms with van der Waals surface area (Å²) in [4.78, 5) is 22.0. The van der Waals surface area contributed by atoms with Gasteiger partial charge in [0.2, 0.25) is 0 Å². The Morgan fingerprint density at radius 1 is 0.571 bits per heavy atom. The summed E-state index contributed by atoms with van der Waals surface area (Å²) in [7, 11) is -3.62. The Morgan fingerprint density at radius 3 is 0.571 bits per heavy atom. The van der Waals surface area contributed by atoms with E-state index in [0.717, 1.165) is 0 Å². The maximum atomic E-state index is 3.66. The molecule has 0 aliphatic carbocycles. The zero-order valence-electron chi connectivity index (χ0n) is 4.56. The molecule has 0 heterocycles. The van der Waals surface area contributed by atoms with E-state index in [0.29, 0.717) is 0 Å². The molecular weight excluding hydrogens is 267 g/mol. The van der Waals surface area contributed by atoms with E-state index in [1.54, 1.807) is 0 Å². The summed E-state index contributed by atoms with van der Waals surface area (Å²) in [5.41, 5.74) is 0. The van der Waals surface area contributed by atoms with Gasteiger partial charge in [-0.05, 0) is 0 Å². The molecule has 0 amide bonds. The summed E-state index contributed by atoms with van der Waals surface area (Å²) < 4.78 is 0. The van der Waals surface area contributed by atoms with Crippen LogP contribution in [0.25, 0.3) is 0 Å². The molecule has 0 bridgehead atoms. The zero-order valence-corrected chi connectivity index (χ0v) is 6.83. The summed E-state index contributed by atoms with van der Waals surface area (Å²) in [6, 6.07) is 0. The van der Waals surface area contributed by atoms with Crippen molar-refractivity contribution in [1.82, 2.24) is 0 Å². The van der Waals surface area contributed by atoms with Crippen LogP contribution >= 0.6 is 0 Å². The molecule has 0 rings (SSSR count). The fourth-order valence-electron chi connectivity index (χ4n) is 0. The van der Waals surface area contributed by atoms with Crippen LogP contribution in [0.1, 0.15) is 0 Å². The maximum absolute atomic E-state index is 3.66. The Hall–Kier alpha value is -0.0917. The molecular formula is C6H12Pt. The van der Waals surface area contributed by atoms with Gasteiger partial charge in [0.1, 0.15) is 0 Å². The molecule has 0 saturated carbocycles. The van der Waals surface area contributed by atoms with Crippen LogP contribution in [0, 0.1) is 0 Å². The summed E-state index contributed by atoms with van der Waals surface area (Å²) >= 11 is 0. The second kappa shape index (κ2) is 0.640. The van der Waals surface area contributed by atoms with E-state index in [9.17, 15) is 0 Å². The average Bonchev–Trinajstić information content (AvgIpc) is 0.592. The van der Waals surface area contributed by atoms with Gasteiger partial charge in [-0.2, -0.15) is 0 Å². The minimum absolute atomic E-state index is 3.62. The first-order valence-electron chi connectivity index (χ1n) is 1.34. The van der Waals surface area contributed by atoms with Crippen molar-refractivity contribution in [3.63, 3.8) is 0 Å². The third kappa shape index (κ3) is 10700. The molecule has 0 aromatic rings. The summed E-state index contributed by atoms with van der Waals surface area (Å²) in [5, 5.41) is 0. The van der Waals surface area contributed by atoms with E-state index >= 15 is 0 Å². The molecule has 46 valence electrons. The molecule has 0 unspecified atom stereocenters. The topological polar surface area (TPSA) is 0 Å². The van der Waals surface area contributed by atoms with Crippen molar-refractivity contribution in [1.29, 1.82) is 0 Å². The van der Waals surface area contributed by atoms with Crippen LogP contribution in [0.3, 0.4) is 0 Å². The van der Waals surface area contributed by atoms with Gasteiger partial charge >= 0.3 is 40.2 Å². The standard InChI is InChI=1S/6CH2.Pt/h6*1H2;. The van der Waals surface area contributed by atoms with Crippen LogP contribution in [0.15, 0.2) is 0 Å². The first-order valence-corrected chi connectivity index (χ1v) is 11.0. The SMILES string of the molecule is [CH2]=[Pt](=[CH2])(=[CH2])(=[CH2])(=[CH2])=[CH2]. The van der Waals surface area contributed by atoms with Gasteiger partial charge in [0.25, 0.3) is 0 Å². The molecule has 0 aromatic heterocycles. The van der Waals surface area contributed by atoms with Crippen molar-refractivity contribution >= 4 is 29.4 Å². The molecule has 0 saturated heterocycles. The third-order valence-corrected chi connectivity index (χ3v) is 0. The van der Waals surface area contributed by atoms with Crippen molar-refractivity contribution in [2.45, 2.75) is 0 Å². The Kier molecular flexibility index (Phi) is 0.632. The van der Waals surface area contributed by atoms with Crippen molar-refractivity contribution in [3.8, 4) is 0 Å². The van der Waals surface area contributed by atoms with Gasteiger partial charge in [0, 0.05) is 0 Å². The molecule has 7 heavy (non-hydrogen) atoms. The van der Waals surface area contributed by atoms with Crippen LogP contribution in [-0.2, 0) is 10.8 Å². The van der Waals surface area contributed by atoms with Crippen LogP contribution in [-0.4, -0.2) is 29.4 Å². The van der Waals surface area contributed by atoms with Crippen LogP contribution in [0.4, 0.5) is 0 Å². The number of rotatable bonds is 0. The average molecular weight is 279 g/mol. The monoisotopic (exact) mass is 279 g/mol. The molecule has 0 atom stereocenters. The molecule has 0 aromatic carbocycles. The van der Waals surface area contributed by atoms with Gasteiger partial charge in [0.15, 0.2) is 0 Å². The first kappa shape index (κ1) is 6.91. The van der Waals surface area contributed by atoms with E-state index in [4.69, 9.17) is 0 Å². The van der Waals surface area contributed by atoms with Crippen LogP contribution in [0.5, 0.6) is 0 Å². The predicted molar refractivity (Wildman–Crippen MR) is 42.7 cm³/mol. The van der Waals surface area contributed by atoms with E-state index < -0.39 is 10.8 Å². The molecule has 1 heteroatoms. The molecule has 0 spiro atoms. The summed E-state index contributed by atoms with van der Waals surface area (Å²) in [6.45, 7) is 0. The van der Waals surface area contributed by atoms with E-state index in [1.165, 1.54) is 0 Å². The van der Waals surface area contributed by atoms with Gasteiger partial charge in [-0.25, -0.2) is 0 Å². The number of hydrogen-bond acceptors (Lipinski definition) is 0. The van der Waals surface area contributed by atoms with Gasteiger partial charge < -0.3 is 0 Å². The summed E-state index contributed by atoms with van der Waals surface area (Å²) in [5.74, 6) is 0. The van der Waals surface area contributed by atoms with Crippen molar-refractivity contribution in [2.75, 3.05) is 0 Å². The zero-order chi connectivity index (χ0) is 6.41. The van der Waals surface area contributed by atoms with Gasteiger partial charge in [-0.1, -0.05) is 0 Å². The molecule has 0 N–H and O–H groups in total. The van der Waals surface area contributed by atoms with Gasteiger partial charge in [-0.15, -0.1) is 0 Å². The van der Waals surface area contributed by atoms with Crippen molar-refractivity contribution < 1.29 is 10.8 Å². The van der Waals surface area contributed by atoms with Crippen molar-refractivity contribution in [2.24, 2.45) is 0 Å². The Labute approximate surface area is 40.6 Å². The number of hydrogen-bond donors (Lipinski definition) is 0. The molecule has 0 radical (unpaired) electrons. The molecule has 0 aliphatic rings. The van der Waals surface area contributed by atoms with Gasteiger partial charge in [-0.3, -0.25) is 0 Å². The molecule has 0 aliphatic heterocycles. The normalized spacial score (nSPS) is 22.3. The Balaban J connectivity index is 8.86. The van der Waals surface area contributed by atoms with Crippen LogP contribution < -0.4 is 0 Å².